The minimum absolute atomic E-state index is 0.0606. The second kappa shape index (κ2) is 8.41. The highest BCUT2D eigenvalue weighted by molar-refractivity contribution is 6.11. The van der Waals surface area contributed by atoms with Crippen LogP contribution in [-0.4, -0.2) is 19.4 Å². The molecule has 23 heavy (non-hydrogen) atoms. The number of ketones is 1. The van der Waals surface area contributed by atoms with E-state index in [4.69, 9.17) is 10.3 Å². The molecule has 0 radical (unpaired) electrons. The van der Waals surface area contributed by atoms with E-state index in [1.54, 1.807) is 19.2 Å². The fourth-order valence-electron chi connectivity index (χ4n) is 2.14. The lowest BCUT2D eigenvalue weighted by atomic mass is 9.98. The van der Waals surface area contributed by atoms with Crippen LogP contribution < -0.4 is 4.74 Å². The summed E-state index contributed by atoms with van der Waals surface area (Å²) < 4.78 is 5.13. The summed E-state index contributed by atoms with van der Waals surface area (Å²) in [7, 11) is 1.61. The lowest BCUT2D eigenvalue weighted by molar-refractivity contribution is 0.103. The van der Waals surface area contributed by atoms with E-state index in [9.17, 15) is 4.79 Å². The summed E-state index contributed by atoms with van der Waals surface area (Å²) >= 11 is 0. The van der Waals surface area contributed by atoms with Gasteiger partial charge in [0, 0.05) is 22.6 Å². The zero-order valence-electron chi connectivity index (χ0n) is 12.8. The van der Waals surface area contributed by atoms with E-state index >= 15 is 0 Å². The van der Waals surface area contributed by atoms with Crippen LogP contribution >= 0.6 is 0 Å². The van der Waals surface area contributed by atoms with E-state index in [2.05, 4.69) is 10.0 Å². The number of benzene rings is 2. The number of hydrogen-bond acceptors (Lipinski definition) is 3. The van der Waals surface area contributed by atoms with Gasteiger partial charge in [-0.1, -0.05) is 47.6 Å². The zero-order valence-corrected chi connectivity index (χ0v) is 12.8. The Morgan fingerprint density at radius 1 is 1.17 bits per heavy atom. The van der Waals surface area contributed by atoms with Crippen LogP contribution in [0.3, 0.4) is 0 Å². The minimum atomic E-state index is -0.0606. The quantitative estimate of drug-likeness (QED) is 0.245. The van der Waals surface area contributed by atoms with Gasteiger partial charge in [0.05, 0.1) is 7.11 Å². The molecule has 0 aliphatic heterocycles. The van der Waals surface area contributed by atoms with Crippen molar-refractivity contribution in [1.82, 2.24) is 0 Å². The molecule has 2 rings (SSSR count). The number of ether oxygens (including phenoxy) is 1. The molecule has 0 fully saturated rings. The second-order valence-corrected chi connectivity index (χ2v) is 4.84. The van der Waals surface area contributed by atoms with Gasteiger partial charge in [0.25, 0.3) is 0 Å². The predicted molar refractivity (Wildman–Crippen MR) is 90.4 cm³/mol. The molecule has 0 aliphatic carbocycles. The van der Waals surface area contributed by atoms with Crippen molar-refractivity contribution in [3.05, 3.63) is 81.7 Å². The average molecular weight is 307 g/mol. The molecule has 5 heteroatoms. The van der Waals surface area contributed by atoms with E-state index in [-0.39, 0.29) is 12.3 Å². The van der Waals surface area contributed by atoms with Crippen molar-refractivity contribution in [1.29, 1.82) is 0 Å². The maximum atomic E-state index is 12.6. The number of carbonyl (C=O) groups is 1. The Balaban J connectivity index is 2.30. The molecule has 116 valence electrons. The van der Waals surface area contributed by atoms with Crippen molar-refractivity contribution in [2.45, 2.75) is 6.42 Å². The van der Waals surface area contributed by atoms with Gasteiger partial charge in [-0.25, -0.2) is 0 Å². The van der Waals surface area contributed by atoms with Crippen LogP contribution in [0.1, 0.15) is 22.3 Å². The van der Waals surface area contributed by atoms with E-state index < -0.39 is 0 Å². The van der Waals surface area contributed by atoms with Crippen molar-refractivity contribution < 1.29 is 9.53 Å². The molecular weight excluding hydrogens is 290 g/mol. The topological polar surface area (TPSA) is 75.1 Å². The molecule has 0 N–H and O–H groups in total. The summed E-state index contributed by atoms with van der Waals surface area (Å²) in [5.41, 5.74) is 10.5. The Morgan fingerprint density at radius 2 is 1.87 bits per heavy atom. The standard InChI is InChI=1S/C18H17N3O2/c1-23-17-9-7-14(8-10-17)13-16(11-12-20-21-19)18(22)15-5-3-2-4-6-15/h2-10,13H,11-12H2,1H3/b16-13-. The molecule has 0 aromatic heterocycles. The number of hydrogen-bond donors (Lipinski definition) is 0. The number of nitrogens with zero attached hydrogens (tertiary/aromatic N) is 3. The summed E-state index contributed by atoms with van der Waals surface area (Å²) in [5, 5.41) is 3.52. The number of azide groups is 1. The van der Waals surface area contributed by atoms with Gasteiger partial charge in [-0.3, -0.25) is 4.79 Å². The van der Waals surface area contributed by atoms with Crippen molar-refractivity contribution in [3.63, 3.8) is 0 Å². The minimum Gasteiger partial charge on any atom is -0.497 e. The van der Waals surface area contributed by atoms with Gasteiger partial charge in [0.15, 0.2) is 5.78 Å². The predicted octanol–water partition coefficient (Wildman–Crippen LogP) is 4.66. The Morgan fingerprint density at radius 3 is 2.48 bits per heavy atom. The molecule has 5 nitrogen and oxygen atoms in total. The molecule has 2 aromatic rings. The molecule has 0 amide bonds. The lowest BCUT2D eigenvalue weighted by Gasteiger charge is -2.06. The molecule has 0 saturated heterocycles. The van der Waals surface area contributed by atoms with Crippen LogP contribution in [0.4, 0.5) is 0 Å². The zero-order chi connectivity index (χ0) is 16.5. The Labute approximate surface area is 134 Å². The van der Waals surface area contributed by atoms with Gasteiger partial charge in [-0.05, 0) is 35.7 Å². The van der Waals surface area contributed by atoms with Crippen molar-refractivity contribution in [3.8, 4) is 5.75 Å². The first-order valence-electron chi connectivity index (χ1n) is 7.20. The Hall–Kier alpha value is -3.04. The van der Waals surface area contributed by atoms with Gasteiger partial charge in [-0.2, -0.15) is 0 Å². The lowest BCUT2D eigenvalue weighted by Crippen LogP contribution is -2.04. The molecule has 0 heterocycles. The highest BCUT2D eigenvalue weighted by atomic mass is 16.5. The van der Waals surface area contributed by atoms with Crippen LogP contribution in [0.2, 0.25) is 0 Å². The number of carbonyl (C=O) groups excluding carboxylic acids is 1. The van der Waals surface area contributed by atoms with E-state index in [0.717, 1.165) is 11.3 Å². The molecular formula is C18H17N3O2. The second-order valence-electron chi connectivity index (χ2n) is 4.84. The summed E-state index contributed by atoms with van der Waals surface area (Å²) in [6.45, 7) is 0.247. The maximum absolute atomic E-state index is 12.6. The first-order chi connectivity index (χ1) is 11.2. The molecule has 0 aliphatic rings. The summed E-state index contributed by atoms with van der Waals surface area (Å²) in [4.78, 5) is 15.4. The van der Waals surface area contributed by atoms with E-state index in [0.29, 0.717) is 17.6 Å². The molecule has 2 aromatic carbocycles. The van der Waals surface area contributed by atoms with Crippen LogP contribution in [-0.2, 0) is 0 Å². The Kier molecular flexibility index (Phi) is 5.98. The smallest absolute Gasteiger partial charge is 0.189 e. The van der Waals surface area contributed by atoms with E-state index in [1.807, 2.05) is 48.5 Å². The average Bonchev–Trinajstić information content (AvgIpc) is 2.62. The molecule has 0 atom stereocenters. The van der Waals surface area contributed by atoms with E-state index in [1.165, 1.54) is 0 Å². The normalized spacial score (nSPS) is 10.7. The third kappa shape index (κ3) is 4.73. The number of rotatable bonds is 7. The van der Waals surface area contributed by atoms with Gasteiger partial charge >= 0.3 is 0 Å². The van der Waals surface area contributed by atoms with Gasteiger partial charge < -0.3 is 4.74 Å². The van der Waals surface area contributed by atoms with Crippen LogP contribution in [0.25, 0.3) is 16.5 Å². The summed E-state index contributed by atoms with van der Waals surface area (Å²) in [5.74, 6) is 0.696. The first-order valence-corrected chi connectivity index (χ1v) is 7.20. The van der Waals surface area contributed by atoms with Gasteiger partial charge in [0.1, 0.15) is 5.75 Å². The fourth-order valence-corrected chi connectivity index (χ4v) is 2.14. The molecule has 0 saturated carbocycles. The van der Waals surface area contributed by atoms with Crippen LogP contribution in [0.5, 0.6) is 5.75 Å². The molecule has 0 spiro atoms. The Bertz CT molecular complexity index is 731. The first kappa shape index (κ1) is 16.3. The monoisotopic (exact) mass is 307 g/mol. The highest BCUT2D eigenvalue weighted by Gasteiger charge is 2.11. The van der Waals surface area contributed by atoms with Crippen molar-refractivity contribution in [2.75, 3.05) is 13.7 Å². The van der Waals surface area contributed by atoms with Gasteiger partial charge in [0.2, 0.25) is 0 Å². The number of Topliss-reactive ketones (excluding diaryl/α,β-unsaturated/α-hetero) is 1. The SMILES string of the molecule is COc1ccc(/C=C(/CCN=[N+]=[N-])C(=O)c2ccccc2)cc1. The summed E-state index contributed by atoms with van der Waals surface area (Å²) in [6.07, 6.45) is 2.21. The van der Waals surface area contributed by atoms with Crippen LogP contribution in [0, 0.1) is 0 Å². The third-order valence-corrected chi connectivity index (χ3v) is 3.33. The van der Waals surface area contributed by atoms with Crippen molar-refractivity contribution in [2.24, 2.45) is 5.11 Å². The molecule has 0 bridgehead atoms. The van der Waals surface area contributed by atoms with Gasteiger partial charge in [-0.15, -0.1) is 0 Å². The summed E-state index contributed by atoms with van der Waals surface area (Å²) in [6, 6.07) is 16.5. The fraction of sp³-hybridized carbons (Fsp3) is 0.167. The third-order valence-electron chi connectivity index (χ3n) is 3.33. The number of methoxy groups -OCH3 is 1. The molecule has 0 unspecified atom stereocenters. The highest BCUT2D eigenvalue weighted by Crippen LogP contribution is 2.18. The van der Waals surface area contributed by atoms with Crippen LogP contribution in [0.15, 0.2) is 65.3 Å². The largest absolute Gasteiger partial charge is 0.497 e. The maximum Gasteiger partial charge on any atom is 0.189 e. The van der Waals surface area contributed by atoms with Crippen molar-refractivity contribution >= 4 is 11.9 Å².